The number of nitrogens with one attached hydrogen (secondary N) is 1. The zero-order valence-corrected chi connectivity index (χ0v) is 11.7. The van der Waals surface area contributed by atoms with Gasteiger partial charge in [-0.3, -0.25) is 4.52 Å². The molecule has 4 unspecified atom stereocenters. The van der Waals surface area contributed by atoms with Crippen LogP contribution in [-0.4, -0.2) is 45.7 Å². The van der Waals surface area contributed by atoms with Gasteiger partial charge in [-0.1, -0.05) is 0 Å². The third-order valence-electron chi connectivity index (χ3n) is 2.64. The van der Waals surface area contributed by atoms with E-state index < -0.39 is 7.75 Å². The van der Waals surface area contributed by atoms with Crippen LogP contribution in [0.1, 0.15) is 20.3 Å². The van der Waals surface area contributed by atoms with Crippen LogP contribution < -0.4 is 5.09 Å². The summed E-state index contributed by atoms with van der Waals surface area (Å²) in [5.74, 6) is 0. The van der Waals surface area contributed by atoms with E-state index in [0.29, 0.717) is 13.2 Å². The van der Waals surface area contributed by atoms with Crippen molar-refractivity contribution >= 4 is 7.75 Å². The molecule has 7 heteroatoms. The van der Waals surface area contributed by atoms with Crippen molar-refractivity contribution in [3.8, 4) is 0 Å². The molecule has 17 heavy (non-hydrogen) atoms. The molecular weight excluding hydrogens is 245 g/mol. The molecule has 1 rings (SSSR count). The van der Waals surface area contributed by atoms with Gasteiger partial charge >= 0.3 is 7.75 Å². The molecule has 0 saturated carbocycles. The Kier molecular flexibility index (Phi) is 6.06. The molecule has 102 valence electrons. The second-order valence-corrected chi connectivity index (χ2v) is 5.89. The first kappa shape index (κ1) is 15.1. The number of hydrogen-bond acceptors (Lipinski definition) is 5. The summed E-state index contributed by atoms with van der Waals surface area (Å²) in [5, 5.41) is 2.91. The molecular formula is C10H22NO5P. The summed E-state index contributed by atoms with van der Waals surface area (Å²) in [4.78, 5) is 0. The van der Waals surface area contributed by atoms with Gasteiger partial charge in [0.15, 0.2) is 0 Å². The third kappa shape index (κ3) is 4.32. The molecule has 1 fully saturated rings. The minimum atomic E-state index is -3.22. The highest BCUT2D eigenvalue weighted by atomic mass is 31.2. The lowest BCUT2D eigenvalue weighted by Crippen LogP contribution is -2.37. The van der Waals surface area contributed by atoms with Crippen LogP contribution in [0.4, 0.5) is 0 Å². The second kappa shape index (κ2) is 6.83. The van der Waals surface area contributed by atoms with E-state index in [9.17, 15) is 4.57 Å². The van der Waals surface area contributed by atoms with Crippen LogP contribution in [-0.2, 0) is 23.1 Å². The van der Waals surface area contributed by atoms with Crippen LogP contribution in [0, 0.1) is 0 Å². The lowest BCUT2D eigenvalue weighted by molar-refractivity contribution is -0.000692. The summed E-state index contributed by atoms with van der Waals surface area (Å²) in [6.45, 7) is 4.53. The Bertz CT molecular complexity index is 275. The van der Waals surface area contributed by atoms with Crippen LogP contribution in [0.3, 0.4) is 0 Å². The molecule has 1 N–H and O–H groups in total. The average Bonchev–Trinajstić information content (AvgIpc) is 2.60. The fourth-order valence-corrected chi connectivity index (χ4v) is 3.23. The fourth-order valence-electron chi connectivity index (χ4n) is 1.93. The van der Waals surface area contributed by atoms with E-state index in [1.165, 1.54) is 7.11 Å². The van der Waals surface area contributed by atoms with E-state index in [2.05, 4.69) is 5.09 Å². The molecule has 0 aromatic heterocycles. The molecule has 6 nitrogen and oxygen atoms in total. The second-order valence-electron chi connectivity index (χ2n) is 4.01. The zero-order chi connectivity index (χ0) is 12.9. The normalized spacial score (nSPS) is 32.6. The first-order chi connectivity index (χ1) is 8.04. The Morgan fingerprint density at radius 3 is 2.71 bits per heavy atom. The molecule has 1 heterocycles. The molecule has 0 aromatic rings. The minimum absolute atomic E-state index is 0.0812. The van der Waals surface area contributed by atoms with Crippen LogP contribution in [0.5, 0.6) is 0 Å². The van der Waals surface area contributed by atoms with Crippen molar-refractivity contribution in [1.29, 1.82) is 0 Å². The first-order valence-electron chi connectivity index (χ1n) is 5.77. The molecule has 1 aliphatic rings. The average molecular weight is 267 g/mol. The Hall–Kier alpha value is 0.0300. The van der Waals surface area contributed by atoms with Gasteiger partial charge in [-0.15, -0.1) is 0 Å². The van der Waals surface area contributed by atoms with Gasteiger partial charge in [-0.25, -0.2) is 9.65 Å². The summed E-state index contributed by atoms with van der Waals surface area (Å²) < 4.78 is 32.9. The quantitative estimate of drug-likeness (QED) is 0.706. The summed E-state index contributed by atoms with van der Waals surface area (Å²) >= 11 is 0. The Balaban J connectivity index is 2.61. The summed E-state index contributed by atoms with van der Waals surface area (Å²) in [6, 6.07) is -0.0812. The van der Waals surface area contributed by atoms with Crippen molar-refractivity contribution in [2.24, 2.45) is 0 Å². The molecule has 0 bridgehead atoms. The SMILES string of the molecule is CCOP(=O)(NC1CC(C)OC1COC)OC. The molecule has 0 amide bonds. The molecule has 4 atom stereocenters. The Labute approximate surface area is 103 Å². The monoisotopic (exact) mass is 267 g/mol. The summed E-state index contributed by atoms with van der Waals surface area (Å²) in [6.07, 6.45) is 0.743. The van der Waals surface area contributed by atoms with Gasteiger partial charge in [0.1, 0.15) is 0 Å². The fraction of sp³-hybridized carbons (Fsp3) is 1.00. The molecule has 0 aliphatic carbocycles. The number of hydrogen-bond donors (Lipinski definition) is 1. The standard InChI is InChI=1S/C10H22NO5P/c1-5-15-17(12,14-4)11-9-6-8(2)16-10(9)7-13-3/h8-10H,5-7H2,1-4H3,(H,11,12). The maximum Gasteiger partial charge on any atom is 0.405 e. The van der Waals surface area contributed by atoms with E-state index in [1.807, 2.05) is 6.92 Å². The predicted octanol–water partition coefficient (Wildman–Crippen LogP) is 1.56. The van der Waals surface area contributed by atoms with Crippen molar-refractivity contribution in [2.45, 2.75) is 38.5 Å². The van der Waals surface area contributed by atoms with Crippen LogP contribution in [0.15, 0.2) is 0 Å². The predicted molar refractivity (Wildman–Crippen MR) is 64.0 cm³/mol. The zero-order valence-electron chi connectivity index (χ0n) is 10.8. The number of methoxy groups -OCH3 is 1. The van der Waals surface area contributed by atoms with Gasteiger partial charge < -0.3 is 14.0 Å². The topological polar surface area (TPSA) is 66.0 Å². The molecule has 1 saturated heterocycles. The van der Waals surface area contributed by atoms with Crippen LogP contribution in [0.25, 0.3) is 0 Å². The van der Waals surface area contributed by atoms with Crippen LogP contribution in [0.2, 0.25) is 0 Å². The maximum absolute atomic E-state index is 12.1. The molecule has 1 aliphatic heterocycles. The highest BCUT2D eigenvalue weighted by Gasteiger charge is 2.38. The highest BCUT2D eigenvalue weighted by molar-refractivity contribution is 7.51. The van der Waals surface area contributed by atoms with Crippen molar-refractivity contribution < 1.29 is 23.1 Å². The van der Waals surface area contributed by atoms with Gasteiger partial charge in [0.05, 0.1) is 25.4 Å². The Morgan fingerprint density at radius 1 is 1.47 bits per heavy atom. The Morgan fingerprint density at radius 2 is 2.18 bits per heavy atom. The van der Waals surface area contributed by atoms with Crippen molar-refractivity contribution in [1.82, 2.24) is 5.09 Å². The molecule has 0 spiro atoms. The van der Waals surface area contributed by atoms with E-state index in [-0.39, 0.29) is 18.2 Å². The first-order valence-corrected chi connectivity index (χ1v) is 7.31. The maximum atomic E-state index is 12.1. The van der Waals surface area contributed by atoms with E-state index in [4.69, 9.17) is 18.5 Å². The van der Waals surface area contributed by atoms with Crippen molar-refractivity contribution in [3.05, 3.63) is 0 Å². The van der Waals surface area contributed by atoms with Gasteiger partial charge in [0.25, 0.3) is 0 Å². The number of rotatable bonds is 7. The van der Waals surface area contributed by atoms with E-state index in [0.717, 1.165) is 6.42 Å². The van der Waals surface area contributed by atoms with Crippen molar-refractivity contribution in [3.63, 3.8) is 0 Å². The van der Waals surface area contributed by atoms with Gasteiger partial charge in [0.2, 0.25) is 0 Å². The highest BCUT2D eigenvalue weighted by Crippen LogP contribution is 2.44. The van der Waals surface area contributed by atoms with Gasteiger partial charge in [0, 0.05) is 20.3 Å². The van der Waals surface area contributed by atoms with E-state index in [1.54, 1.807) is 14.0 Å². The number of ether oxygens (including phenoxy) is 2. The minimum Gasteiger partial charge on any atom is -0.382 e. The smallest absolute Gasteiger partial charge is 0.382 e. The lowest BCUT2D eigenvalue weighted by atomic mass is 10.1. The molecule has 0 aromatic carbocycles. The van der Waals surface area contributed by atoms with Crippen molar-refractivity contribution in [2.75, 3.05) is 27.4 Å². The molecule has 0 radical (unpaired) electrons. The van der Waals surface area contributed by atoms with Gasteiger partial charge in [-0.2, -0.15) is 0 Å². The van der Waals surface area contributed by atoms with Crippen LogP contribution >= 0.6 is 7.75 Å². The van der Waals surface area contributed by atoms with Gasteiger partial charge in [-0.05, 0) is 20.3 Å². The summed E-state index contributed by atoms with van der Waals surface area (Å²) in [5.41, 5.74) is 0. The third-order valence-corrected chi connectivity index (χ3v) is 4.36. The lowest BCUT2D eigenvalue weighted by Gasteiger charge is -2.23. The summed E-state index contributed by atoms with van der Waals surface area (Å²) in [7, 11) is -0.241. The largest absolute Gasteiger partial charge is 0.405 e. The van der Waals surface area contributed by atoms with E-state index >= 15 is 0 Å².